The van der Waals surface area contributed by atoms with Crippen LogP contribution in [0, 0.1) is 5.92 Å². The van der Waals surface area contributed by atoms with Crippen molar-refractivity contribution in [2.45, 2.75) is 18.4 Å². The highest BCUT2D eigenvalue weighted by Gasteiger charge is 2.42. The van der Waals surface area contributed by atoms with E-state index in [0.29, 0.717) is 24.5 Å². The smallest absolute Gasteiger partial charge is 0.254 e. The second kappa shape index (κ2) is 7.39. The summed E-state index contributed by atoms with van der Waals surface area (Å²) in [5.41, 5.74) is 1.68. The standard InChI is InChI=1S/C21H26N4O3/c1-23(2)13-18-16-9-15(17-5-4-6-20(26)25(17)18)11-24(12-16)21(27)14-7-8-22-19(10-14)28-3/h4-8,10,15-16,18H,9,11-13H2,1-3H3/t15-,16+,18+/m1/s1. The van der Waals surface area contributed by atoms with Crippen molar-refractivity contribution in [1.82, 2.24) is 19.4 Å². The SMILES string of the molecule is COc1cc(C(=O)N2C[C@H]3C[C@@H](C2)[C@H](CN(C)C)n2c3cccc2=O)ccn1. The predicted molar refractivity (Wildman–Crippen MR) is 106 cm³/mol. The highest BCUT2D eigenvalue weighted by atomic mass is 16.5. The van der Waals surface area contributed by atoms with Gasteiger partial charge in [0.25, 0.3) is 11.5 Å². The molecule has 2 aliphatic rings. The Labute approximate surface area is 164 Å². The fourth-order valence-electron chi connectivity index (χ4n) is 4.65. The summed E-state index contributed by atoms with van der Waals surface area (Å²) in [6, 6.07) is 8.98. The Morgan fingerprint density at radius 3 is 2.86 bits per heavy atom. The number of aromatic nitrogens is 2. The van der Waals surface area contributed by atoms with Crippen LogP contribution >= 0.6 is 0 Å². The topological polar surface area (TPSA) is 67.7 Å². The number of amides is 1. The monoisotopic (exact) mass is 382 g/mol. The Morgan fingerprint density at radius 1 is 1.29 bits per heavy atom. The Balaban J connectivity index is 1.68. The Hall–Kier alpha value is -2.67. The average molecular weight is 382 g/mol. The van der Waals surface area contributed by atoms with Crippen molar-refractivity contribution >= 4 is 5.91 Å². The maximum absolute atomic E-state index is 13.2. The van der Waals surface area contributed by atoms with Gasteiger partial charge in [-0.05, 0) is 38.6 Å². The summed E-state index contributed by atoms with van der Waals surface area (Å²) in [6.07, 6.45) is 2.60. The molecule has 1 saturated heterocycles. The molecule has 7 nitrogen and oxygen atoms in total. The van der Waals surface area contributed by atoms with Gasteiger partial charge in [0.2, 0.25) is 5.88 Å². The zero-order valence-electron chi connectivity index (χ0n) is 16.5. The van der Waals surface area contributed by atoms with Gasteiger partial charge in [0.15, 0.2) is 0 Å². The molecule has 4 heterocycles. The van der Waals surface area contributed by atoms with Gasteiger partial charge in [-0.25, -0.2) is 4.98 Å². The molecule has 3 atom stereocenters. The lowest BCUT2D eigenvalue weighted by atomic mass is 9.78. The molecule has 28 heavy (non-hydrogen) atoms. The van der Waals surface area contributed by atoms with Gasteiger partial charge in [0.1, 0.15) is 0 Å². The van der Waals surface area contributed by atoms with Crippen LogP contribution in [-0.2, 0) is 0 Å². The number of methoxy groups -OCH3 is 1. The van der Waals surface area contributed by atoms with Gasteiger partial charge in [-0.2, -0.15) is 0 Å². The van der Waals surface area contributed by atoms with Gasteiger partial charge in [0, 0.05) is 55.1 Å². The molecule has 0 aromatic carbocycles. The predicted octanol–water partition coefficient (Wildman–Crippen LogP) is 1.61. The van der Waals surface area contributed by atoms with Crippen LogP contribution in [0.25, 0.3) is 0 Å². The fraction of sp³-hybridized carbons (Fsp3) is 0.476. The van der Waals surface area contributed by atoms with Crippen LogP contribution in [0.5, 0.6) is 5.88 Å². The molecular weight excluding hydrogens is 356 g/mol. The van der Waals surface area contributed by atoms with E-state index in [4.69, 9.17) is 4.74 Å². The van der Waals surface area contributed by atoms with Crippen molar-refractivity contribution in [2.24, 2.45) is 5.92 Å². The first kappa shape index (κ1) is 18.7. The molecule has 0 spiro atoms. The van der Waals surface area contributed by atoms with Crippen molar-refractivity contribution in [3.63, 3.8) is 0 Å². The number of nitrogens with zero attached hydrogens (tertiary/aromatic N) is 4. The highest BCUT2D eigenvalue weighted by molar-refractivity contribution is 5.94. The number of likely N-dealkylation sites (N-methyl/N-ethyl adjacent to an activating group) is 1. The average Bonchev–Trinajstić information content (AvgIpc) is 2.70. The minimum Gasteiger partial charge on any atom is -0.481 e. The molecule has 0 aliphatic carbocycles. The number of carbonyl (C=O) groups excluding carboxylic acids is 1. The second-order valence-corrected chi connectivity index (χ2v) is 7.98. The quantitative estimate of drug-likeness (QED) is 0.804. The zero-order chi connectivity index (χ0) is 19.8. The maximum Gasteiger partial charge on any atom is 0.254 e. The van der Waals surface area contributed by atoms with Crippen LogP contribution in [0.1, 0.15) is 34.4 Å². The Bertz CT molecular complexity index is 939. The molecule has 1 amide bonds. The van der Waals surface area contributed by atoms with Crippen LogP contribution < -0.4 is 10.3 Å². The first-order chi connectivity index (χ1) is 13.5. The molecule has 2 aromatic rings. The van der Waals surface area contributed by atoms with Gasteiger partial charge in [0.05, 0.1) is 13.2 Å². The van der Waals surface area contributed by atoms with Crippen molar-refractivity contribution in [3.8, 4) is 5.88 Å². The van der Waals surface area contributed by atoms with Crippen LogP contribution in [0.4, 0.5) is 0 Å². The van der Waals surface area contributed by atoms with E-state index in [1.165, 1.54) is 0 Å². The van der Waals surface area contributed by atoms with E-state index in [9.17, 15) is 9.59 Å². The number of piperidine rings is 1. The maximum atomic E-state index is 13.2. The van der Waals surface area contributed by atoms with Crippen molar-refractivity contribution in [3.05, 3.63) is 58.1 Å². The molecule has 0 saturated carbocycles. The summed E-state index contributed by atoms with van der Waals surface area (Å²) in [4.78, 5) is 33.9. The molecular formula is C21H26N4O3. The lowest BCUT2D eigenvalue weighted by molar-refractivity contribution is 0.0498. The van der Waals surface area contributed by atoms with Crippen LogP contribution in [0.2, 0.25) is 0 Å². The van der Waals surface area contributed by atoms with Crippen molar-refractivity contribution in [1.29, 1.82) is 0 Å². The fourth-order valence-corrected chi connectivity index (χ4v) is 4.65. The normalized spacial score (nSPS) is 23.4. The van der Waals surface area contributed by atoms with Gasteiger partial charge >= 0.3 is 0 Å². The number of pyridine rings is 2. The van der Waals surface area contributed by atoms with Gasteiger partial charge in [-0.1, -0.05) is 6.07 Å². The largest absolute Gasteiger partial charge is 0.481 e. The van der Waals surface area contributed by atoms with Gasteiger partial charge in [-0.3, -0.25) is 9.59 Å². The number of fused-ring (bicyclic) bond motifs is 4. The third kappa shape index (κ3) is 3.30. The number of ether oxygens (including phenoxy) is 1. The van der Waals surface area contributed by atoms with Crippen LogP contribution in [-0.4, -0.2) is 66.1 Å². The Morgan fingerprint density at radius 2 is 2.11 bits per heavy atom. The molecule has 7 heteroatoms. The summed E-state index contributed by atoms with van der Waals surface area (Å²) >= 11 is 0. The summed E-state index contributed by atoms with van der Waals surface area (Å²) < 4.78 is 7.13. The molecule has 4 rings (SSSR count). The molecule has 0 unspecified atom stereocenters. The summed E-state index contributed by atoms with van der Waals surface area (Å²) in [7, 11) is 5.59. The molecule has 2 bridgehead atoms. The van der Waals surface area contributed by atoms with E-state index in [-0.39, 0.29) is 29.3 Å². The summed E-state index contributed by atoms with van der Waals surface area (Å²) in [5.74, 6) is 0.858. The van der Waals surface area contributed by atoms with E-state index in [1.54, 1.807) is 31.5 Å². The minimum absolute atomic E-state index is 0.00858. The highest BCUT2D eigenvalue weighted by Crippen LogP contribution is 2.41. The van der Waals surface area contributed by atoms with E-state index < -0.39 is 0 Å². The first-order valence-corrected chi connectivity index (χ1v) is 9.63. The molecule has 148 valence electrons. The first-order valence-electron chi connectivity index (χ1n) is 9.63. The second-order valence-electron chi connectivity index (χ2n) is 7.98. The number of rotatable bonds is 4. The third-order valence-corrected chi connectivity index (χ3v) is 5.83. The van der Waals surface area contributed by atoms with Crippen LogP contribution in [0.15, 0.2) is 41.3 Å². The zero-order valence-corrected chi connectivity index (χ0v) is 16.5. The molecule has 2 aromatic heterocycles. The number of likely N-dealkylation sites (tertiary alicyclic amines) is 1. The van der Waals surface area contributed by atoms with Gasteiger partial charge in [-0.15, -0.1) is 0 Å². The van der Waals surface area contributed by atoms with Crippen molar-refractivity contribution in [2.75, 3.05) is 40.8 Å². The Kier molecular flexibility index (Phi) is 4.93. The molecule has 0 radical (unpaired) electrons. The molecule has 0 N–H and O–H groups in total. The lowest BCUT2D eigenvalue weighted by Crippen LogP contribution is -2.52. The van der Waals surface area contributed by atoms with Gasteiger partial charge < -0.3 is 19.1 Å². The number of hydrogen-bond acceptors (Lipinski definition) is 5. The lowest BCUT2D eigenvalue weighted by Gasteiger charge is -2.47. The van der Waals surface area contributed by atoms with E-state index in [2.05, 4.69) is 9.88 Å². The van der Waals surface area contributed by atoms with Crippen LogP contribution in [0.3, 0.4) is 0 Å². The van der Waals surface area contributed by atoms with E-state index in [0.717, 1.165) is 18.7 Å². The molecule has 2 aliphatic heterocycles. The third-order valence-electron chi connectivity index (χ3n) is 5.83. The van der Waals surface area contributed by atoms with E-state index >= 15 is 0 Å². The summed E-state index contributed by atoms with van der Waals surface area (Å²) in [6.45, 7) is 2.05. The van der Waals surface area contributed by atoms with Crippen molar-refractivity contribution < 1.29 is 9.53 Å². The number of hydrogen-bond donors (Lipinski definition) is 0. The number of carbonyl (C=O) groups is 1. The summed E-state index contributed by atoms with van der Waals surface area (Å²) in [5, 5.41) is 0. The minimum atomic E-state index is -0.00858. The molecule has 1 fully saturated rings. The van der Waals surface area contributed by atoms with E-state index in [1.807, 2.05) is 35.7 Å².